The van der Waals surface area contributed by atoms with Gasteiger partial charge in [0.15, 0.2) is 5.78 Å². The van der Waals surface area contributed by atoms with Crippen molar-refractivity contribution in [3.05, 3.63) is 71.8 Å². The van der Waals surface area contributed by atoms with E-state index in [0.717, 1.165) is 5.56 Å². The number of hydrogen-bond donors (Lipinski definition) is 0. The van der Waals surface area contributed by atoms with Crippen LogP contribution < -0.4 is 0 Å². The molecule has 2 aromatic rings. The molecule has 0 aliphatic carbocycles. The summed E-state index contributed by atoms with van der Waals surface area (Å²) in [6.45, 7) is 0. The Labute approximate surface area is 101 Å². The molecule has 2 aromatic carbocycles. The van der Waals surface area contributed by atoms with Gasteiger partial charge in [0.05, 0.1) is 0 Å². The highest BCUT2D eigenvalue weighted by Crippen LogP contribution is 2.19. The zero-order chi connectivity index (χ0) is 12.1. The van der Waals surface area contributed by atoms with Crippen molar-refractivity contribution in [1.29, 1.82) is 0 Å². The van der Waals surface area contributed by atoms with Gasteiger partial charge in [-0.25, -0.2) is 0 Å². The number of Topliss-reactive ketones (excluding diaryl/α,β-unsaturated/α-hetero) is 1. The van der Waals surface area contributed by atoms with Crippen molar-refractivity contribution < 1.29 is 4.79 Å². The lowest BCUT2D eigenvalue weighted by atomic mass is 9.91. The maximum absolute atomic E-state index is 12.2. The van der Waals surface area contributed by atoms with Crippen LogP contribution in [0.2, 0.25) is 0 Å². The molecule has 1 nitrogen and oxygen atoms in total. The average molecular weight is 220 g/mol. The summed E-state index contributed by atoms with van der Waals surface area (Å²) in [6, 6.07) is 18.6. The minimum atomic E-state index is -0.501. The number of ketones is 1. The molecule has 1 heteroatoms. The van der Waals surface area contributed by atoms with Gasteiger partial charge in [-0.1, -0.05) is 66.6 Å². The fourth-order valence-electron chi connectivity index (χ4n) is 1.74. The topological polar surface area (TPSA) is 17.1 Å². The minimum Gasteiger partial charge on any atom is -0.292 e. The summed E-state index contributed by atoms with van der Waals surface area (Å²) in [5.41, 5.74) is 1.52. The second-order valence-electron chi connectivity index (χ2n) is 3.74. The van der Waals surface area contributed by atoms with Gasteiger partial charge in [0.1, 0.15) is 5.92 Å². The lowest BCUT2D eigenvalue weighted by molar-refractivity contribution is 0.0979. The van der Waals surface area contributed by atoms with Crippen LogP contribution in [0.4, 0.5) is 0 Å². The second-order valence-corrected chi connectivity index (χ2v) is 3.74. The van der Waals surface area contributed by atoms with Gasteiger partial charge in [0, 0.05) is 5.56 Å². The van der Waals surface area contributed by atoms with Crippen LogP contribution in [0.3, 0.4) is 0 Å². The summed E-state index contributed by atoms with van der Waals surface area (Å²) in [5, 5.41) is 0. The van der Waals surface area contributed by atoms with Crippen LogP contribution in [0.5, 0.6) is 0 Å². The van der Waals surface area contributed by atoms with E-state index in [1.807, 2.05) is 48.5 Å². The largest absolute Gasteiger partial charge is 0.292 e. The average Bonchev–Trinajstić information content (AvgIpc) is 2.42. The summed E-state index contributed by atoms with van der Waals surface area (Å²) < 4.78 is 0. The standard InChI is InChI=1S/C16H12O/c1-2-15(13-9-5-3-6-10-13)16(17)14-11-7-4-8-12-14/h1,3-12,15H. The van der Waals surface area contributed by atoms with Crippen molar-refractivity contribution in [1.82, 2.24) is 0 Å². The van der Waals surface area contributed by atoms with E-state index >= 15 is 0 Å². The summed E-state index contributed by atoms with van der Waals surface area (Å²) in [7, 11) is 0. The molecule has 0 spiro atoms. The number of rotatable bonds is 3. The molecule has 0 aliphatic rings. The van der Waals surface area contributed by atoms with Crippen molar-refractivity contribution in [2.75, 3.05) is 0 Å². The molecule has 0 saturated heterocycles. The fourth-order valence-corrected chi connectivity index (χ4v) is 1.74. The summed E-state index contributed by atoms with van der Waals surface area (Å²) in [6.07, 6.45) is 5.47. The van der Waals surface area contributed by atoms with E-state index in [4.69, 9.17) is 6.42 Å². The fraction of sp³-hybridized carbons (Fsp3) is 0.0625. The number of terminal acetylenes is 1. The minimum absolute atomic E-state index is 0.0284. The highest BCUT2D eigenvalue weighted by Gasteiger charge is 2.18. The summed E-state index contributed by atoms with van der Waals surface area (Å²) >= 11 is 0. The van der Waals surface area contributed by atoms with Gasteiger partial charge in [0.2, 0.25) is 0 Å². The zero-order valence-corrected chi connectivity index (χ0v) is 9.34. The van der Waals surface area contributed by atoms with Crippen molar-refractivity contribution in [3.63, 3.8) is 0 Å². The first-order valence-electron chi connectivity index (χ1n) is 5.43. The Balaban J connectivity index is 2.33. The van der Waals surface area contributed by atoms with Crippen molar-refractivity contribution in [2.24, 2.45) is 0 Å². The van der Waals surface area contributed by atoms with E-state index in [-0.39, 0.29) is 5.78 Å². The van der Waals surface area contributed by atoms with E-state index in [1.54, 1.807) is 12.1 Å². The molecule has 0 saturated carbocycles. The predicted molar refractivity (Wildman–Crippen MR) is 68.8 cm³/mol. The van der Waals surface area contributed by atoms with Gasteiger partial charge < -0.3 is 0 Å². The number of carbonyl (C=O) groups is 1. The van der Waals surface area contributed by atoms with Gasteiger partial charge in [-0.2, -0.15) is 0 Å². The van der Waals surface area contributed by atoms with E-state index in [9.17, 15) is 4.79 Å². The smallest absolute Gasteiger partial charge is 0.182 e. The van der Waals surface area contributed by atoms with Crippen LogP contribution in [0, 0.1) is 12.3 Å². The maximum Gasteiger partial charge on any atom is 0.182 e. The Kier molecular flexibility index (Phi) is 3.37. The number of hydrogen-bond acceptors (Lipinski definition) is 1. The molecular formula is C16H12O. The Hall–Kier alpha value is -2.33. The molecule has 0 bridgehead atoms. The van der Waals surface area contributed by atoms with E-state index in [0.29, 0.717) is 5.56 Å². The van der Waals surface area contributed by atoms with Crippen LogP contribution in [0.1, 0.15) is 21.8 Å². The molecule has 17 heavy (non-hydrogen) atoms. The SMILES string of the molecule is C#CC(C(=O)c1ccccc1)c1ccccc1. The Morgan fingerprint density at radius 1 is 0.941 bits per heavy atom. The van der Waals surface area contributed by atoms with Gasteiger partial charge in [0.25, 0.3) is 0 Å². The molecular weight excluding hydrogens is 208 g/mol. The lowest BCUT2D eigenvalue weighted by Crippen LogP contribution is -2.10. The highest BCUT2D eigenvalue weighted by atomic mass is 16.1. The Bertz CT molecular complexity index is 535. The molecule has 82 valence electrons. The predicted octanol–water partition coefficient (Wildman–Crippen LogP) is 3.29. The molecule has 0 radical (unpaired) electrons. The third kappa shape index (κ3) is 2.43. The number of carbonyl (C=O) groups excluding carboxylic acids is 1. The van der Waals surface area contributed by atoms with Gasteiger partial charge in [-0.3, -0.25) is 4.79 Å². The molecule has 0 aromatic heterocycles. The summed E-state index contributed by atoms with van der Waals surface area (Å²) in [4.78, 5) is 12.2. The first-order valence-corrected chi connectivity index (χ1v) is 5.43. The van der Waals surface area contributed by atoms with E-state index in [1.165, 1.54) is 0 Å². The molecule has 0 aliphatic heterocycles. The van der Waals surface area contributed by atoms with Gasteiger partial charge in [-0.05, 0) is 5.56 Å². The van der Waals surface area contributed by atoms with Gasteiger partial charge >= 0.3 is 0 Å². The van der Waals surface area contributed by atoms with Gasteiger partial charge in [-0.15, -0.1) is 6.42 Å². The highest BCUT2D eigenvalue weighted by molar-refractivity contribution is 6.02. The first-order chi connectivity index (χ1) is 8.33. The zero-order valence-electron chi connectivity index (χ0n) is 9.34. The normalized spacial score (nSPS) is 11.5. The molecule has 0 heterocycles. The molecule has 1 atom stereocenters. The third-order valence-electron chi connectivity index (χ3n) is 2.62. The van der Waals surface area contributed by atoms with E-state index < -0.39 is 5.92 Å². The van der Waals surface area contributed by atoms with Crippen LogP contribution in [-0.4, -0.2) is 5.78 Å². The molecule has 0 amide bonds. The summed E-state index contributed by atoms with van der Waals surface area (Å²) in [5.74, 6) is 2.04. The second kappa shape index (κ2) is 5.14. The van der Waals surface area contributed by atoms with Crippen LogP contribution >= 0.6 is 0 Å². The Morgan fingerprint density at radius 3 is 2.00 bits per heavy atom. The third-order valence-corrected chi connectivity index (χ3v) is 2.62. The monoisotopic (exact) mass is 220 g/mol. The van der Waals surface area contributed by atoms with Crippen molar-refractivity contribution >= 4 is 5.78 Å². The molecule has 1 unspecified atom stereocenters. The lowest BCUT2D eigenvalue weighted by Gasteiger charge is -2.09. The van der Waals surface area contributed by atoms with Crippen LogP contribution in [-0.2, 0) is 0 Å². The van der Waals surface area contributed by atoms with Crippen molar-refractivity contribution in [2.45, 2.75) is 5.92 Å². The quantitative estimate of drug-likeness (QED) is 0.573. The number of benzene rings is 2. The van der Waals surface area contributed by atoms with Crippen molar-refractivity contribution in [3.8, 4) is 12.3 Å². The first kappa shape index (κ1) is 11.2. The van der Waals surface area contributed by atoms with Crippen LogP contribution in [0.15, 0.2) is 60.7 Å². The van der Waals surface area contributed by atoms with Crippen LogP contribution in [0.25, 0.3) is 0 Å². The van der Waals surface area contributed by atoms with E-state index in [2.05, 4.69) is 5.92 Å². The maximum atomic E-state index is 12.2. The molecule has 0 N–H and O–H groups in total. The molecule has 2 rings (SSSR count). The Morgan fingerprint density at radius 2 is 1.47 bits per heavy atom. The molecule has 0 fully saturated rings.